The number of hydrogen-bond donors (Lipinski definition) is 2. The van der Waals surface area contributed by atoms with Crippen molar-refractivity contribution in [3.05, 3.63) is 56.9 Å². The number of nitrogens with zero attached hydrogens (tertiary/aromatic N) is 3. The van der Waals surface area contributed by atoms with Crippen LogP contribution in [0, 0.1) is 21.0 Å². The van der Waals surface area contributed by atoms with Gasteiger partial charge >= 0.3 is 0 Å². The third-order valence-electron chi connectivity index (χ3n) is 6.31. The molecule has 2 fully saturated rings. The second kappa shape index (κ2) is 9.40. The molecule has 2 aromatic rings. The number of halogens is 4. The van der Waals surface area contributed by atoms with Gasteiger partial charge in [0.1, 0.15) is 11.4 Å². The van der Waals surface area contributed by atoms with Crippen molar-refractivity contribution in [1.82, 2.24) is 14.7 Å². The van der Waals surface area contributed by atoms with Gasteiger partial charge in [0.25, 0.3) is 5.91 Å². The topological polar surface area (TPSA) is 59.1 Å². The van der Waals surface area contributed by atoms with Crippen molar-refractivity contribution in [1.29, 1.82) is 0 Å². The molecule has 0 spiro atoms. The van der Waals surface area contributed by atoms with Crippen LogP contribution in [-0.4, -0.2) is 84.2 Å². The fraction of sp³-hybridized carbons (Fsp3) is 0.435. The number of nitrogens with one attached hydrogen (secondary N) is 1. The fourth-order valence-electron chi connectivity index (χ4n) is 4.52. The Balaban J connectivity index is 1.48. The van der Waals surface area contributed by atoms with Crippen molar-refractivity contribution in [2.24, 2.45) is 0 Å². The second-order valence-electron chi connectivity index (χ2n) is 9.04. The Labute approximate surface area is 204 Å². The highest BCUT2D eigenvalue weighted by atomic mass is 127. The van der Waals surface area contributed by atoms with Gasteiger partial charge in [0.2, 0.25) is 0 Å². The van der Waals surface area contributed by atoms with Crippen LogP contribution in [0.5, 0.6) is 0 Å². The van der Waals surface area contributed by atoms with Gasteiger partial charge in [-0.05, 0) is 80.0 Å². The summed E-state index contributed by atoms with van der Waals surface area (Å²) in [5.74, 6) is -3.62. The van der Waals surface area contributed by atoms with Crippen LogP contribution in [0.4, 0.5) is 24.5 Å². The molecule has 2 saturated heterocycles. The number of aliphatic hydroxyl groups is 1. The van der Waals surface area contributed by atoms with E-state index in [0.29, 0.717) is 16.2 Å². The normalized spacial score (nSPS) is 20.2. The zero-order valence-corrected chi connectivity index (χ0v) is 20.6. The zero-order chi connectivity index (χ0) is 23.9. The Morgan fingerprint density at radius 1 is 1.24 bits per heavy atom. The van der Waals surface area contributed by atoms with Gasteiger partial charge in [-0.25, -0.2) is 13.2 Å². The van der Waals surface area contributed by atoms with Crippen LogP contribution in [0.2, 0.25) is 0 Å². The lowest BCUT2D eigenvalue weighted by Gasteiger charge is -2.48. The number of rotatable bonds is 6. The molecule has 0 aromatic heterocycles. The molecule has 2 aliphatic rings. The maximum atomic E-state index is 14.6. The lowest BCUT2D eigenvalue weighted by Crippen LogP contribution is -2.68. The molecular weight excluding hydrogens is 548 g/mol. The predicted octanol–water partition coefficient (Wildman–Crippen LogP) is 3.27. The summed E-state index contributed by atoms with van der Waals surface area (Å²) in [5, 5.41) is 13.4. The van der Waals surface area contributed by atoms with E-state index in [2.05, 4.69) is 22.2 Å². The molecule has 2 N–H and O–H groups in total. The molecule has 2 aliphatic heterocycles. The van der Waals surface area contributed by atoms with E-state index in [9.17, 15) is 23.1 Å². The van der Waals surface area contributed by atoms with Gasteiger partial charge < -0.3 is 20.2 Å². The molecule has 1 unspecified atom stereocenters. The molecule has 0 radical (unpaired) electrons. The van der Waals surface area contributed by atoms with E-state index in [-0.39, 0.29) is 24.3 Å². The average molecular weight is 574 g/mol. The molecular formula is C23H26F3IN4O2. The largest absolute Gasteiger partial charge is 0.385 e. The van der Waals surface area contributed by atoms with E-state index in [4.69, 9.17) is 0 Å². The molecule has 10 heteroatoms. The number of amides is 1. The van der Waals surface area contributed by atoms with Crippen LogP contribution in [0.1, 0.15) is 16.8 Å². The standard InChI is InChI=1S/C23H26F3IN4O2/c1-29-8-7-15(10-29)30(2)11-23(33)12-31(13-23)22(32)16-4-5-17(24)20(26)21(16)28-19-6-3-14(27)9-18(19)25/h3-6,9,15,28,33H,7-8,10-13H2,1-2H3. The minimum Gasteiger partial charge on any atom is -0.385 e. The molecule has 1 atom stereocenters. The highest BCUT2D eigenvalue weighted by molar-refractivity contribution is 14.1. The first kappa shape index (κ1) is 24.2. The van der Waals surface area contributed by atoms with Crippen LogP contribution >= 0.6 is 22.6 Å². The Morgan fingerprint density at radius 2 is 1.97 bits per heavy atom. The molecule has 2 heterocycles. The Bertz CT molecular complexity index is 1060. The van der Waals surface area contributed by atoms with Gasteiger partial charge in [0, 0.05) is 22.7 Å². The highest BCUT2D eigenvalue weighted by Gasteiger charge is 2.46. The molecule has 1 amide bonds. The van der Waals surface area contributed by atoms with Crippen molar-refractivity contribution >= 4 is 39.9 Å². The van der Waals surface area contributed by atoms with Crippen molar-refractivity contribution in [2.75, 3.05) is 52.1 Å². The van der Waals surface area contributed by atoms with Crippen molar-refractivity contribution < 1.29 is 23.1 Å². The smallest absolute Gasteiger partial charge is 0.256 e. The zero-order valence-electron chi connectivity index (χ0n) is 18.4. The van der Waals surface area contributed by atoms with Crippen LogP contribution in [-0.2, 0) is 0 Å². The minimum absolute atomic E-state index is 0.0720. The number of anilines is 2. The number of β-amino-alcohol motifs (C(OH)–C–C–N with tert-alkyl or cyclic N) is 1. The van der Waals surface area contributed by atoms with Gasteiger partial charge in [-0.15, -0.1) is 0 Å². The highest BCUT2D eigenvalue weighted by Crippen LogP contribution is 2.32. The summed E-state index contributed by atoms with van der Waals surface area (Å²) < 4.78 is 43.5. The third-order valence-corrected chi connectivity index (χ3v) is 6.98. The van der Waals surface area contributed by atoms with Gasteiger partial charge in [-0.3, -0.25) is 9.69 Å². The lowest BCUT2D eigenvalue weighted by atomic mass is 9.91. The second-order valence-corrected chi connectivity index (χ2v) is 10.3. The molecule has 4 rings (SSSR count). The molecule has 178 valence electrons. The van der Waals surface area contributed by atoms with Gasteiger partial charge in [-0.1, -0.05) is 0 Å². The fourth-order valence-corrected chi connectivity index (χ4v) is 4.97. The predicted molar refractivity (Wildman–Crippen MR) is 128 cm³/mol. The number of benzene rings is 2. The SMILES string of the molecule is CN1CCC(N(C)CC2(O)CN(C(=O)c3ccc(F)c(F)c3Nc3ccc(I)cc3F)C2)C1. The summed E-state index contributed by atoms with van der Waals surface area (Å²) in [6, 6.07) is 6.64. The first-order valence-corrected chi connectivity index (χ1v) is 11.7. The van der Waals surface area contributed by atoms with Gasteiger partial charge in [0.05, 0.1) is 30.0 Å². The number of likely N-dealkylation sites (N-methyl/N-ethyl adjacent to an activating group) is 2. The van der Waals surface area contributed by atoms with Crippen molar-refractivity contribution in [3.63, 3.8) is 0 Å². The monoisotopic (exact) mass is 574 g/mol. The minimum atomic E-state index is -1.26. The Kier molecular flexibility index (Phi) is 6.90. The van der Waals surface area contributed by atoms with E-state index >= 15 is 0 Å². The van der Waals surface area contributed by atoms with E-state index in [1.807, 2.05) is 29.6 Å². The Morgan fingerprint density at radius 3 is 2.61 bits per heavy atom. The van der Waals surface area contributed by atoms with Crippen LogP contribution in [0.3, 0.4) is 0 Å². The van der Waals surface area contributed by atoms with E-state index in [1.54, 1.807) is 6.07 Å². The van der Waals surface area contributed by atoms with Crippen LogP contribution < -0.4 is 5.32 Å². The first-order chi connectivity index (χ1) is 15.6. The molecule has 0 saturated carbocycles. The number of hydrogen-bond acceptors (Lipinski definition) is 5. The maximum absolute atomic E-state index is 14.6. The third kappa shape index (κ3) is 5.13. The van der Waals surface area contributed by atoms with Crippen LogP contribution in [0.25, 0.3) is 0 Å². The van der Waals surface area contributed by atoms with Crippen molar-refractivity contribution in [2.45, 2.75) is 18.1 Å². The van der Waals surface area contributed by atoms with E-state index in [0.717, 1.165) is 25.6 Å². The summed E-state index contributed by atoms with van der Waals surface area (Å²) in [6.07, 6.45) is 1.02. The molecule has 6 nitrogen and oxygen atoms in total. The molecule has 2 aromatic carbocycles. The van der Waals surface area contributed by atoms with Crippen LogP contribution in [0.15, 0.2) is 30.3 Å². The average Bonchev–Trinajstić information content (AvgIpc) is 3.17. The molecule has 33 heavy (non-hydrogen) atoms. The summed E-state index contributed by atoms with van der Waals surface area (Å²) in [7, 11) is 4.01. The Hall–Kier alpha value is -1.89. The number of likely N-dealkylation sites (tertiary alicyclic amines) is 2. The summed E-state index contributed by atoms with van der Waals surface area (Å²) in [4.78, 5) is 18.8. The summed E-state index contributed by atoms with van der Waals surface area (Å²) >= 11 is 1.94. The quantitative estimate of drug-likeness (QED) is 0.519. The van der Waals surface area contributed by atoms with Gasteiger partial charge in [0.15, 0.2) is 11.6 Å². The van der Waals surface area contributed by atoms with Crippen molar-refractivity contribution in [3.8, 4) is 0 Å². The van der Waals surface area contributed by atoms with Gasteiger partial charge in [-0.2, -0.15) is 0 Å². The first-order valence-electron chi connectivity index (χ1n) is 10.7. The molecule has 0 bridgehead atoms. The van der Waals surface area contributed by atoms with E-state index < -0.39 is 34.6 Å². The lowest BCUT2D eigenvalue weighted by molar-refractivity contribution is -0.0986. The molecule has 0 aliphatic carbocycles. The number of carbonyl (C=O) groups is 1. The number of carbonyl (C=O) groups excluding carboxylic acids is 1. The summed E-state index contributed by atoms with van der Waals surface area (Å²) in [5.41, 5.74) is -1.70. The summed E-state index contributed by atoms with van der Waals surface area (Å²) in [6.45, 7) is 2.50. The van der Waals surface area contributed by atoms with E-state index in [1.165, 1.54) is 23.1 Å². The maximum Gasteiger partial charge on any atom is 0.256 e.